The van der Waals surface area contributed by atoms with E-state index in [1.54, 1.807) is 4.90 Å². The van der Waals surface area contributed by atoms with Gasteiger partial charge < -0.3 is 24.8 Å². The highest BCUT2D eigenvalue weighted by atomic mass is 32.1. The first-order valence-corrected chi connectivity index (χ1v) is 11.8. The van der Waals surface area contributed by atoms with Gasteiger partial charge in [-0.25, -0.2) is 0 Å². The van der Waals surface area contributed by atoms with Crippen LogP contribution in [0.4, 0.5) is 0 Å². The number of para-hydroxylation sites is 2. The van der Waals surface area contributed by atoms with Crippen molar-refractivity contribution in [2.45, 2.75) is 44.8 Å². The number of ether oxygens (including phenoxy) is 3. The molecule has 4 atom stereocenters. The summed E-state index contributed by atoms with van der Waals surface area (Å²) in [4.78, 5) is 27.4. The van der Waals surface area contributed by atoms with Gasteiger partial charge in [-0.1, -0.05) is 12.1 Å². The zero-order valence-corrected chi connectivity index (χ0v) is 19.2. The van der Waals surface area contributed by atoms with Gasteiger partial charge in [0.2, 0.25) is 11.8 Å². The predicted molar refractivity (Wildman–Crippen MR) is 123 cm³/mol. The Labute approximate surface area is 193 Å². The number of carbonyl (C=O) groups excluding carboxylic acids is 2. The molecule has 1 aliphatic carbocycles. The molecule has 174 valence electrons. The summed E-state index contributed by atoms with van der Waals surface area (Å²) in [5, 5.41) is 6.78. The summed E-state index contributed by atoms with van der Waals surface area (Å²) in [6, 6.07) is 7.43. The first-order valence-electron chi connectivity index (χ1n) is 11.4. The highest BCUT2D eigenvalue weighted by Gasteiger charge is 2.44. The van der Waals surface area contributed by atoms with Crippen LogP contribution in [-0.2, 0) is 14.3 Å². The monoisotopic (exact) mass is 461 g/mol. The number of thiocarbonyl (C=S) groups is 1. The summed E-state index contributed by atoms with van der Waals surface area (Å²) in [7, 11) is 0. The molecule has 0 spiro atoms. The number of hydrogen-bond donors (Lipinski definition) is 2. The van der Waals surface area contributed by atoms with Crippen LogP contribution in [0.15, 0.2) is 24.3 Å². The van der Waals surface area contributed by atoms with E-state index in [1.807, 2.05) is 31.2 Å². The van der Waals surface area contributed by atoms with Crippen LogP contribution in [0.25, 0.3) is 0 Å². The van der Waals surface area contributed by atoms with E-state index in [9.17, 15) is 9.59 Å². The number of amides is 2. The molecule has 2 fully saturated rings. The van der Waals surface area contributed by atoms with E-state index in [4.69, 9.17) is 26.4 Å². The number of rotatable bonds is 8. The van der Waals surface area contributed by atoms with Gasteiger partial charge in [-0.3, -0.25) is 14.5 Å². The fraction of sp³-hybridized carbons (Fsp3) is 0.609. The molecule has 8 nitrogen and oxygen atoms in total. The number of hydrogen-bond acceptors (Lipinski definition) is 6. The van der Waals surface area contributed by atoms with Crippen molar-refractivity contribution < 1.29 is 23.8 Å². The predicted octanol–water partition coefficient (Wildman–Crippen LogP) is 1.87. The molecule has 1 saturated carbocycles. The second kappa shape index (κ2) is 10.5. The van der Waals surface area contributed by atoms with Crippen LogP contribution in [0, 0.1) is 11.8 Å². The second-order valence-corrected chi connectivity index (χ2v) is 8.84. The molecule has 9 heteroatoms. The average molecular weight is 462 g/mol. The molecule has 1 aromatic rings. The largest absolute Gasteiger partial charge is 0.486 e. The maximum Gasteiger partial charge on any atom is 0.233 e. The first kappa shape index (κ1) is 22.8. The SMILES string of the molecule is CCOCCCN1C(=O)C2CCC(C(=O)NCC3COc4ccccc4O3)CC2NC1=S. The fourth-order valence-electron chi connectivity index (χ4n) is 4.60. The van der Waals surface area contributed by atoms with E-state index in [1.165, 1.54) is 0 Å². The molecule has 1 saturated heterocycles. The topological polar surface area (TPSA) is 89.1 Å². The minimum atomic E-state index is -0.225. The van der Waals surface area contributed by atoms with Gasteiger partial charge in [0.25, 0.3) is 0 Å². The molecule has 4 unspecified atom stereocenters. The van der Waals surface area contributed by atoms with Crippen molar-refractivity contribution in [3.05, 3.63) is 24.3 Å². The minimum Gasteiger partial charge on any atom is -0.486 e. The van der Waals surface area contributed by atoms with Crippen molar-refractivity contribution in [2.24, 2.45) is 11.8 Å². The maximum atomic E-state index is 13.0. The molecule has 0 bridgehead atoms. The van der Waals surface area contributed by atoms with Crippen molar-refractivity contribution >= 4 is 29.1 Å². The number of benzene rings is 1. The fourth-order valence-corrected chi connectivity index (χ4v) is 4.94. The molecule has 4 rings (SSSR count). The molecular weight excluding hydrogens is 430 g/mol. The van der Waals surface area contributed by atoms with Crippen molar-refractivity contribution in [3.63, 3.8) is 0 Å². The quantitative estimate of drug-likeness (QED) is 0.451. The summed E-state index contributed by atoms with van der Waals surface area (Å²) >= 11 is 5.45. The van der Waals surface area contributed by atoms with Crippen molar-refractivity contribution in [2.75, 3.05) is 32.9 Å². The Balaban J connectivity index is 1.25. The van der Waals surface area contributed by atoms with Crippen LogP contribution in [-0.4, -0.2) is 66.9 Å². The molecule has 0 radical (unpaired) electrons. The normalized spacial score (nSPS) is 26.8. The summed E-state index contributed by atoms with van der Waals surface area (Å²) in [5.74, 6) is 1.20. The van der Waals surface area contributed by atoms with E-state index < -0.39 is 0 Å². The molecule has 3 aliphatic rings. The molecule has 0 aromatic heterocycles. The zero-order chi connectivity index (χ0) is 22.5. The van der Waals surface area contributed by atoms with Crippen LogP contribution in [0.5, 0.6) is 11.5 Å². The zero-order valence-electron chi connectivity index (χ0n) is 18.4. The van der Waals surface area contributed by atoms with Crippen molar-refractivity contribution in [1.29, 1.82) is 0 Å². The van der Waals surface area contributed by atoms with Crippen molar-refractivity contribution in [1.82, 2.24) is 15.5 Å². The third kappa shape index (κ3) is 5.15. The van der Waals surface area contributed by atoms with Gasteiger partial charge in [0.15, 0.2) is 16.6 Å². The maximum absolute atomic E-state index is 13.0. The van der Waals surface area contributed by atoms with Gasteiger partial charge in [0.1, 0.15) is 12.7 Å². The molecular formula is C23H31N3O5S. The van der Waals surface area contributed by atoms with E-state index >= 15 is 0 Å². The van der Waals surface area contributed by atoms with Gasteiger partial charge in [-0.2, -0.15) is 0 Å². The van der Waals surface area contributed by atoms with Gasteiger partial charge in [-0.15, -0.1) is 0 Å². The number of fused-ring (bicyclic) bond motifs is 2. The van der Waals surface area contributed by atoms with E-state index in [-0.39, 0.29) is 35.8 Å². The van der Waals surface area contributed by atoms with Crippen molar-refractivity contribution in [3.8, 4) is 11.5 Å². The highest BCUT2D eigenvalue weighted by Crippen LogP contribution is 2.34. The van der Waals surface area contributed by atoms with Crippen LogP contribution < -0.4 is 20.1 Å². The lowest BCUT2D eigenvalue weighted by molar-refractivity contribution is -0.138. The average Bonchev–Trinajstić information content (AvgIpc) is 2.81. The lowest BCUT2D eigenvalue weighted by Gasteiger charge is -2.43. The van der Waals surface area contributed by atoms with E-state index in [0.717, 1.165) is 12.2 Å². The Morgan fingerprint density at radius 1 is 1.31 bits per heavy atom. The van der Waals surface area contributed by atoms with Crippen LogP contribution in [0.3, 0.4) is 0 Å². The summed E-state index contributed by atoms with van der Waals surface area (Å²) in [5.41, 5.74) is 0. The smallest absolute Gasteiger partial charge is 0.233 e. The Hall–Kier alpha value is -2.39. The summed E-state index contributed by atoms with van der Waals surface area (Å²) in [6.45, 7) is 4.57. The highest BCUT2D eigenvalue weighted by molar-refractivity contribution is 7.80. The first-order chi connectivity index (χ1) is 15.6. The van der Waals surface area contributed by atoms with Crippen LogP contribution in [0.1, 0.15) is 32.6 Å². The standard InChI is InChI=1S/C23H31N3O5S/c1-2-29-11-5-10-26-22(28)17-9-8-15(12-18(17)25-23(26)32)21(27)24-13-16-14-30-19-6-3-4-7-20(19)31-16/h3-4,6-7,15-18H,2,5,8-14H2,1H3,(H,24,27)(H,25,32). The molecule has 1 aromatic carbocycles. The summed E-state index contributed by atoms with van der Waals surface area (Å²) < 4.78 is 17.0. The third-order valence-corrected chi connectivity index (χ3v) is 6.64. The Morgan fingerprint density at radius 3 is 2.94 bits per heavy atom. The van der Waals surface area contributed by atoms with Crippen LogP contribution in [0.2, 0.25) is 0 Å². The number of nitrogens with one attached hydrogen (secondary N) is 2. The van der Waals surface area contributed by atoms with Gasteiger partial charge in [0.05, 0.1) is 12.5 Å². The Kier molecular flexibility index (Phi) is 7.47. The van der Waals surface area contributed by atoms with E-state index in [0.29, 0.717) is 63.0 Å². The lowest BCUT2D eigenvalue weighted by atomic mass is 9.76. The molecule has 2 heterocycles. The number of nitrogens with zero attached hydrogens (tertiary/aromatic N) is 1. The van der Waals surface area contributed by atoms with Crippen LogP contribution >= 0.6 is 12.2 Å². The minimum absolute atomic E-state index is 0.00906. The van der Waals surface area contributed by atoms with E-state index in [2.05, 4.69) is 10.6 Å². The Bertz CT molecular complexity index is 851. The molecule has 32 heavy (non-hydrogen) atoms. The van der Waals surface area contributed by atoms with Gasteiger partial charge in [0, 0.05) is 31.7 Å². The summed E-state index contributed by atoms with van der Waals surface area (Å²) in [6.07, 6.45) is 2.49. The van der Waals surface area contributed by atoms with Gasteiger partial charge >= 0.3 is 0 Å². The molecule has 2 N–H and O–H groups in total. The second-order valence-electron chi connectivity index (χ2n) is 8.46. The molecule has 2 amide bonds. The lowest BCUT2D eigenvalue weighted by Crippen LogP contribution is -2.62. The third-order valence-electron chi connectivity index (χ3n) is 6.30. The Morgan fingerprint density at radius 2 is 2.12 bits per heavy atom. The molecule has 2 aliphatic heterocycles. The van der Waals surface area contributed by atoms with Gasteiger partial charge in [-0.05, 0) is 57.0 Å². The number of carbonyl (C=O) groups is 2.